The lowest BCUT2D eigenvalue weighted by Crippen LogP contribution is -2.32. The topological polar surface area (TPSA) is 45.6 Å². The smallest absolute Gasteiger partial charge is 0.183 e. The minimum Gasteiger partial charge on any atom is -0.451 e. The van der Waals surface area contributed by atoms with Crippen LogP contribution < -0.4 is 5.73 Å². The largest absolute Gasteiger partial charge is 0.451 e. The van der Waals surface area contributed by atoms with Crippen LogP contribution >= 0.6 is 31.9 Å². The van der Waals surface area contributed by atoms with Gasteiger partial charge in [-0.15, -0.1) is 0 Å². The molecule has 1 rings (SSSR count). The van der Waals surface area contributed by atoms with Crippen LogP contribution in [0.5, 0.6) is 0 Å². The van der Waals surface area contributed by atoms with Gasteiger partial charge < -0.3 is 15.1 Å². The molecule has 0 spiro atoms. The number of furan rings is 1. The summed E-state index contributed by atoms with van der Waals surface area (Å²) in [6, 6.07) is 2.10. The fourth-order valence-corrected chi connectivity index (χ4v) is 2.44. The van der Waals surface area contributed by atoms with Gasteiger partial charge in [-0.3, -0.25) is 4.90 Å². The van der Waals surface area contributed by atoms with Crippen molar-refractivity contribution < 1.29 is 4.42 Å². The number of likely N-dealkylation sites (N-methyl/N-ethyl adjacent to an activating group) is 1. The Hall–Kier alpha value is 0.120. The Balaban J connectivity index is 2.59. The molecule has 1 aromatic rings. The highest BCUT2D eigenvalue weighted by atomic mass is 79.9. The lowest BCUT2D eigenvalue weighted by Gasteiger charge is -2.25. The second-order valence-corrected chi connectivity index (χ2v) is 6.23. The molecule has 0 fully saturated rings. The van der Waals surface area contributed by atoms with Crippen LogP contribution in [0.4, 0.5) is 0 Å². The molecule has 0 bridgehead atoms. The third-order valence-corrected chi connectivity index (χ3v) is 4.57. The average molecular weight is 383 g/mol. The molecule has 0 aromatic carbocycles. The number of hydrogen-bond acceptors (Lipinski definition) is 4. The van der Waals surface area contributed by atoms with Crippen LogP contribution in [0.15, 0.2) is 19.6 Å². The van der Waals surface area contributed by atoms with Crippen LogP contribution in [0.1, 0.15) is 18.2 Å². The van der Waals surface area contributed by atoms with Gasteiger partial charge in [0.1, 0.15) is 5.76 Å². The Morgan fingerprint density at radius 3 is 2.39 bits per heavy atom. The molecule has 0 radical (unpaired) electrons. The van der Waals surface area contributed by atoms with Crippen LogP contribution in [0.25, 0.3) is 0 Å². The van der Waals surface area contributed by atoms with Crippen LogP contribution in [0.2, 0.25) is 0 Å². The summed E-state index contributed by atoms with van der Waals surface area (Å²) in [5.41, 5.74) is 5.85. The first-order valence-corrected chi connectivity index (χ1v) is 7.54. The molecular formula is C12H21Br2N3O. The Kier molecular flexibility index (Phi) is 6.87. The highest BCUT2D eigenvalue weighted by molar-refractivity contribution is 9.13. The van der Waals surface area contributed by atoms with Crippen molar-refractivity contribution >= 4 is 31.9 Å². The predicted octanol–water partition coefficient (Wildman–Crippen LogP) is 2.69. The number of rotatable bonds is 7. The summed E-state index contributed by atoms with van der Waals surface area (Å²) in [6.45, 7) is 2.62. The van der Waals surface area contributed by atoms with Gasteiger partial charge >= 0.3 is 0 Å². The van der Waals surface area contributed by atoms with E-state index in [1.54, 1.807) is 0 Å². The van der Waals surface area contributed by atoms with E-state index < -0.39 is 0 Å². The van der Waals surface area contributed by atoms with Gasteiger partial charge in [0.25, 0.3) is 0 Å². The van der Waals surface area contributed by atoms with Crippen molar-refractivity contribution in [3.63, 3.8) is 0 Å². The van der Waals surface area contributed by atoms with Crippen molar-refractivity contribution in [1.29, 1.82) is 0 Å². The van der Waals surface area contributed by atoms with E-state index in [9.17, 15) is 0 Å². The van der Waals surface area contributed by atoms with E-state index in [0.717, 1.165) is 34.4 Å². The first kappa shape index (κ1) is 16.2. The minimum absolute atomic E-state index is 0.120. The highest BCUT2D eigenvalue weighted by Crippen LogP contribution is 2.31. The van der Waals surface area contributed by atoms with Gasteiger partial charge in [-0.25, -0.2) is 0 Å². The maximum Gasteiger partial charge on any atom is 0.183 e. The second-order valence-electron chi connectivity index (χ2n) is 4.66. The molecule has 1 aromatic heterocycles. The van der Waals surface area contributed by atoms with Crippen molar-refractivity contribution in [3.05, 3.63) is 21.0 Å². The van der Waals surface area contributed by atoms with E-state index in [-0.39, 0.29) is 6.04 Å². The Bertz CT molecular complexity index is 349. The van der Waals surface area contributed by atoms with Crippen LogP contribution in [-0.2, 0) is 0 Å². The second kappa shape index (κ2) is 7.65. The van der Waals surface area contributed by atoms with Gasteiger partial charge in [-0.2, -0.15) is 0 Å². The number of nitrogens with two attached hydrogens (primary N) is 1. The summed E-state index contributed by atoms with van der Waals surface area (Å²) in [4.78, 5) is 4.42. The first-order chi connectivity index (χ1) is 8.45. The molecule has 0 saturated carbocycles. The summed E-state index contributed by atoms with van der Waals surface area (Å²) in [7, 11) is 6.25. The molecule has 0 saturated heterocycles. The highest BCUT2D eigenvalue weighted by Gasteiger charge is 2.20. The molecule has 0 amide bonds. The van der Waals surface area contributed by atoms with Crippen molar-refractivity contribution in [2.75, 3.05) is 40.8 Å². The lowest BCUT2D eigenvalue weighted by molar-refractivity contribution is 0.208. The zero-order valence-corrected chi connectivity index (χ0v) is 14.3. The maximum atomic E-state index is 5.85. The van der Waals surface area contributed by atoms with Crippen molar-refractivity contribution in [1.82, 2.24) is 9.80 Å². The Labute approximate surface area is 126 Å². The molecule has 18 heavy (non-hydrogen) atoms. The quantitative estimate of drug-likeness (QED) is 0.787. The summed E-state index contributed by atoms with van der Waals surface area (Å²) in [5, 5.41) is 0. The molecule has 0 aliphatic heterocycles. The van der Waals surface area contributed by atoms with Gasteiger partial charge in [0, 0.05) is 6.54 Å². The molecular weight excluding hydrogens is 362 g/mol. The van der Waals surface area contributed by atoms with E-state index >= 15 is 0 Å². The monoisotopic (exact) mass is 381 g/mol. The van der Waals surface area contributed by atoms with Crippen molar-refractivity contribution in [3.8, 4) is 0 Å². The van der Waals surface area contributed by atoms with Crippen molar-refractivity contribution in [2.45, 2.75) is 12.5 Å². The van der Waals surface area contributed by atoms with E-state index in [2.05, 4.69) is 62.8 Å². The summed E-state index contributed by atoms with van der Waals surface area (Å²) >= 11 is 6.78. The van der Waals surface area contributed by atoms with E-state index in [0.29, 0.717) is 6.54 Å². The summed E-state index contributed by atoms with van der Waals surface area (Å²) in [5.74, 6) is 0.892. The van der Waals surface area contributed by atoms with E-state index in [1.165, 1.54) is 0 Å². The zero-order valence-electron chi connectivity index (χ0n) is 11.1. The summed E-state index contributed by atoms with van der Waals surface area (Å²) in [6.07, 6.45) is 1.11. The zero-order chi connectivity index (χ0) is 13.7. The number of nitrogens with zero attached hydrogens (tertiary/aromatic N) is 2. The third-order valence-electron chi connectivity index (χ3n) is 2.86. The molecule has 1 heterocycles. The van der Waals surface area contributed by atoms with Gasteiger partial charge in [0.2, 0.25) is 0 Å². The maximum absolute atomic E-state index is 5.85. The van der Waals surface area contributed by atoms with E-state index in [1.807, 2.05) is 6.07 Å². The average Bonchev–Trinajstić information content (AvgIpc) is 2.59. The SMILES string of the molecule is CN(C)CCCN(C)C(CN)c1cc(Br)c(Br)o1. The van der Waals surface area contributed by atoms with Crippen LogP contribution in [0, 0.1) is 0 Å². The molecule has 4 nitrogen and oxygen atoms in total. The van der Waals surface area contributed by atoms with Crippen LogP contribution in [-0.4, -0.2) is 50.6 Å². The minimum atomic E-state index is 0.120. The van der Waals surface area contributed by atoms with Crippen molar-refractivity contribution in [2.24, 2.45) is 5.73 Å². The normalized spacial score (nSPS) is 13.6. The first-order valence-electron chi connectivity index (χ1n) is 5.95. The third kappa shape index (κ3) is 4.66. The fraction of sp³-hybridized carbons (Fsp3) is 0.667. The lowest BCUT2D eigenvalue weighted by atomic mass is 10.2. The molecule has 0 aliphatic carbocycles. The fourth-order valence-electron chi connectivity index (χ4n) is 1.83. The van der Waals surface area contributed by atoms with E-state index in [4.69, 9.17) is 10.2 Å². The Morgan fingerprint density at radius 1 is 1.28 bits per heavy atom. The standard InChI is InChI=1S/C12H21Br2N3O/c1-16(2)5-4-6-17(3)10(8-15)11-7-9(13)12(14)18-11/h7,10H,4-6,8,15H2,1-3H3. The summed E-state index contributed by atoms with van der Waals surface area (Å²) < 4.78 is 7.30. The molecule has 2 N–H and O–H groups in total. The number of hydrogen-bond donors (Lipinski definition) is 1. The van der Waals surface area contributed by atoms with Gasteiger partial charge in [-0.1, -0.05) is 0 Å². The molecule has 1 atom stereocenters. The van der Waals surface area contributed by atoms with Gasteiger partial charge in [0.15, 0.2) is 4.67 Å². The molecule has 0 aliphatic rings. The number of halogens is 2. The molecule has 104 valence electrons. The molecule has 6 heteroatoms. The molecule has 1 unspecified atom stereocenters. The van der Waals surface area contributed by atoms with Crippen LogP contribution in [0.3, 0.4) is 0 Å². The predicted molar refractivity (Wildman–Crippen MR) is 81.7 cm³/mol. The Morgan fingerprint density at radius 2 is 1.94 bits per heavy atom. The van der Waals surface area contributed by atoms with Gasteiger partial charge in [0.05, 0.1) is 10.5 Å². The van der Waals surface area contributed by atoms with Gasteiger partial charge in [-0.05, 0) is 78.6 Å².